The highest BCUT2D eigenvalue weighted by Crippen LogP contribution is 2.27. The van der Waals surface area contributed by atoms with Crippen molar-refractivity contribution in [3.8, 4) is 11.1 Å². The Balaban J connectivity index is 1.23. The number of piperazine rings is 1. The Morgan fingerprint density at radius 2 is 1.64 bits per heavy atom. The number of rotatable bonds is 7. The van der Waals surface area contributed by atoms with Crippen molar-refractivity contribution in [2.45, 2.75) is 45.1 Å². The molecular weight excluding hydrogens is 568 g/mol. The van der Waals surface area contributed by atoms with Gasteiger partial charge in [0.05, 0.1) is 5.56 Å². The van der Waals surface area contributed by atoms with Crippen molar-refractivity contribution < 1.29 is 4.79 Å². The van der Waals surface area contributed by atoms with Gasteiger partial charge in [0.15, 0.2) is 0 Å². The molecule has 6 heterocycles. The van der Waals surface area contributed by atoms with Crippen molar-refractivity contribution in [2.75, 3.05) is 62.6 Å². The molecule has 4 aromatic rings. The van der Waals surface area contributed by atoms with Crippen molar-refractivity contribution in [3.63, 3.8) is 0 Å². The van der Waals surface area contributed by atoms with Gasteiger partial charge in [-0.15, -0.1) is 0 Å². The van der Waals surface area contributed by atoms with Crippen LogP contribution >= 0.6 is 0 Å². The molecule has 3 aromatic heterocycles. The molecule has 3 fully saturated rings. The van der Waals surface area contributed by atoms with E-state index in [9.17, 15) is 9.59 Å². The van der Waals surface area contributed by atoms with Gasteiger partial charge in [-0.25, -0.2) is 15.0 Å². The number of hydrogen-bond acceptors (Lipinski definition) is 10. The maximum Gasteiger partial charge on any atom is 0.260 e. The van der Waals surface area contributed by atoms with Crippen LogP contribution in [-0.2, 0) is 11.3 Å². The second-order valence-corrected chi connectivity index (χ2v) is 12.2. The monoisotopic (exact) mass is 608 g/mol. The van der Waals surface area contributed by atoms with Gasteiger partial charge in [-0.05, 0) is 76.0 Å². The predicted octanol–water partition coefficient (Wildman–Crippen LogP) is 2.80. The SMILES string of the molecule is Cc1nc(C2CCNCC2)ncc1-c1cc2cnc(Nc3ccc(N4CCNCC4)cc3)nc2n(CC(=O)N2CCCC2)c1=O. The fraction of sp³-hybridized carbons (Fsp3) is 0.455. The third kappa shape index (κ3) is 6.25. The molecular formula is C33H40N10O2. The minimum absolute atomic E-state index is 0.0844. The van der Waals surface area contributed by atoms with E-state index in [2.05, 4.69) is 38.0 Å². The van der Waals surface area contributed by atoms with Crippen LogP contribution in [0.5, 0.6) is 0 Å². The summed E-state index contributed by atoms with van der Waals surface area (Å²) in [5.74, 6) is 1.41. The summed E-state index contributed by atoms with van der Waals surface area (Å²) in [6.07, 6.45) is 7.41. The van der Waals surface area contributed by atoms with E-state index < -0.39 is 0 Å². The van der Waals surface area contributed by atoms with Crippen LogP contribution in [-0.4, -0.2) is 87.7 Å². The molecule has 0 spiro atoms. The molecule has 0 saturated carbocycles. The molecule has 7 rings (SSSR count). The lowest BCUT2D eigenvalue weighted by atomic mass is 9.96. The Bertz CT molecular complexity index is 1740. The number of nitrogens with one attached hydrogen (secondary N) is 3. The number of aryl methyl sites for hydroxylation is 1. The first kappa shape index (κ1) is 29.3. The number of carbonyl (C=O) groups is 1. The summed E-state index contributed by atoms with van der Waals surface area (Å²) in [4.78, 5) is 50.6. The minimum Gasteiger partial charge on any atom is -0.369 e. The number of aromatic nitrogens is 5. The highest BCUT2D eigenvalue weighted by molar-refractivity contribution is 5.84. The number of anilines is 3. The Labute approximate surface area is 262 Å². The van der Waals surface area contributed by atoms with Crippen molar-refractivity contribution in [1.29, 1.82) is 0 Å². The normalized spacial score (nSPS) is 17.6. The van der Waals surface area contributed by atoms with Crippen LogP contribution in [0.2, 0.25) is 0 Å². The van der Waals surface area contributed by atoms with Crippen molar-refractivity contribution in [2.24, 2.45) is 0 Å². The first-order valence-corrected chi connectivity index (χ1v) is 16.1. The topological polar surface area (TPSA) is 133 Å². The molecule has 12 nitrogen and oxygen atoms in total. The highest BCUT2D eigenvalue weighted by Gasteiger charge is 2.24. The fourth-order valence-electron chi connectivity index (χ4n) is 6.59. The number of pyridine rings is 1. The van der Waals surface area contributed by atoms with Gasteiger partial charge in [-0.1, -0.05) is 0 Å². The van der Waals surface area contributed by atoms with Crippen LogP contribution in [0.1, 0.15) is 43.1 Å². The van der Waals surface area contributed by atoms with E-state index in [1.54, 1.807) is 18.5 Å². The summed E-state index contributed by atoms with van der Waals surface area (Å²) in [5, 5.41) is 10.7. The smallest absolute Gasteiger partial charge is 0.260 e. The van der Waals surface area contributed by atoms with E-state index >= 15 is 0 Å². The Hall–Kier alpha value is -4.42. The summed E-state index contributed by atoms with van der Waals surface area (Å²) in [7, 11) is 0. The number of fused-ring (bicyclic) bond motifs is 1. The third-order valence-electron chi connectivity index (χ3n) is 9.18. The number of nitrogens with zero attached hydrogens (tertiary/aromatic N) is 7. The van der Waals surface area contributed by atoms with Crippen LogP contribution in [0.25, 0.3) is 22.2 Å². The standard InChI is InChI=1S/C33H40N10O2/c1-22-28(20-36-30(38-22)23-8-10-34-11-9-23)27-18-24-19-37-33(39-25-4-6-26(7-5-25)41-16-12-35-13-17-41)40-31(24)43(32(27)45)21-29(44)42-14-2-3-15-42/h4-7,18-20,23,34-35H,2-3,8-17,21H2,1H3,(H,37,39,40). The summed E-state index contributed by atoms with van der Waals surface area (Å²) >= 11 is 0. The molecule has 3 aliphatic heterocycles. The van der Waals surface area contributed by atoms with Gasteiger partial charge < -0.3 is 25.8 Å². The number of benzene rings is 1. The fourth-order valence-corrected chi connectivity index (χ4v) is 6.59. The van der Waals surface area contributed by atoms with E-state index in [1.165, 1.54) is 10.3 Å². The molecule has 12 heteroatoms. The maximum atomic E-state index is 14.2. The zero-order valence-corrected chi connectivity index (χ0v) is 25.8. The van der Waals surface area contributed by atoms with Crippen LogP contribution < -0.4 is 26.4 Å². The van der Waals surface area contributed by atoms with Gasteiger partial charge in [0.2, 0.25) is 11.9 Å². The molecule has 1 amide bonds. The largest absolute Gasteiger partial charge is 0.369 e. The maximum absolute atomic E-state index is 14.2. The Morgan fingerprint density at radius 1 is 0.911 bits per heavy atom. The van der Waals surface area contributed by atoms with Gasteiger partial charge in [0.1, 0.15) is 18.0 Å². The lowest BCUT2D eigenvalue weighted by molar-refractivity contribution is -0.130. The van der Waals surface area contributed by atoms with Crippen molar-refractivity contribution >= 4 is 34.3 Å². The van der Waals surface area contributed by atoms with E-state index in [0.29, 0.717) is 47.1 Å². The Kier molecular flexibility index (Phi) is 8.40. The second kappa shape index (κ2) is 12.9. The number of likely N-dealkylation sites (tertiary alicyclic amines) is 1. The van der Waals surface area contributed by atoms with Crippen LogP contribution in [0, 0.1) is 6.92 Å². The number of hydrogen-bond donors (Lipinski definition) is 3. The van der Waals surface area contributed by atoms with Crippen molar-refractivity contribution in [3.05, 3.63) is 64.6 Å². The second-order valence-electron chi connectivity index (χ2n) is 12.2. The summed E-state index contributed by atoms with van der Waals surface area (Å²) in [6, 6.07) is 10.00. The van der Waals surface area contributed by atoms with Gasteiger partial charge in [0, 0.05) is 85.6 Å². The van der Waals surface area contributed by atoms with Gasteiger partial charge >= 0.3 is 0 Å². The lowest BCUT2D eigenvalue weighted by Crippen LogP contribution is -2.43. The molecule has 0 bridgehead atoms. The van der Waals surface area contributed by atoms with Gasteiger partial charge in [-0.3, -0.25) is 14.2 Å². The first-order chi connectivity index (χ1) is 22.0. The minimum atomic E-state index is -0.290. The molecule has 0 unspecified atom stereocenters. The quantitative estimate of drug-likeness (QED) is 0.288. The number of carbonyl (C=O) groups excluding carboxylic acids is 1. The summed E-state index contributed by atoms with van der Waals surface area (Å²) in [6.45, 7) is 9.06. The average Bonchev–Trinajstić information content (AvgIpc) is 3.63. The Morgan fingerprint density at radius 3 is 2.38 bits per heavy atom. The predicted molar refractivity (Wildman–Crippen MR) is 175 cm³/mol. The molecule has 1 aromatic carbocycles. The summed E-state index contributed by atoms with van der Waals surface area (Å²) in [5.41, 5.74) is 3.99. The van der Waals surface area contributed by atoms with Crippen LogP contribution in [0.4, 0.5) is 17.3 Å². The average molecular weight is 609 g/mol. The van der Waals surface area contributed by atoms with Crippen molar-refractivity contribution in [1.82, 2.24) is 40.0 Å². The van der Waals surface area contributed by atoms with E-state index in [0.717, 1.165) is 82.2 Å². The highest BCUT2D eigenvalue weighted by atomic mass is 16.2. The number of amides is 1. The molecule has 45 heavy (non-hydrogen) atoms. The zero-order valence-electron chi connectivity index (χ0n) is 25.8. The first-order valence-electron chi connectivity index (χ1n) is 16.1. The molecule has 0 aliphatic carbocycles. The molecule has 0 atom stereocenters. The molecule has 3 saturated heterocycles. The van der Waals surface area contributed by atoms with E-state index in [1.807, 2.05) is 24.0 Å². The molecule has 3 N–H and O–H groups in total. The third-order valence-corrected chi connectivity index (χ3v) is 9.18. The van der Waals surface area contributed by atoms with Gasteiger partial charge in [-0.2, -0.15) is 4.98 Å². The zero-order chi connectivity index (χ0) is 30.8. The molecule has 234 valence electrons. The van der Waals surface area contributed by atoms with E-state index in [4.69, 9.17) is 15.0 Å². The van der Waals surface area contributed by atoms with E-state index in [-0.39, 0.29) is 18.0 Å². The lowest BCUT2D eigenvalue weighted by Gasteiger charge is -2.29. The molecule has 0 radical (unpaired) electrons. The van der Waals surface area contributed by atoms with Crippen LogP contribution in [0.3, 0.4) is 0 Å². The number of piperidine rings is 1. The van der Waals surface area contributed by atoms with Gasteiger partial charge in [0.25, 0.3) is 5.56 Å². The van der Waals surface area contributed by atoms with Crippen LogP contribution in [0.15, 0.2) is 47.5 Å². The summed E-state index contributed by atoms with van der Waals surface area (Å²) < 4.78 is 1.49. The molecule has 3 aliphatic rings.